The minimum absolute atomic E-state index is 0.720. The van der Waals surface area contributed by atoms with Crippen molar-refractivity contribution in [2.45, 2.75) is 45.6 Å². The smallest absolute Gasteiger partial charge is 0.0113 e. The van der Waals surface area contributed by atoms with Crippen LogP contribution in [0.5, 0.6) is 0 Å². The van der Waals surface area contributed by atoms with E-state index in [1.807, 2.05) is 11.8 Å². The van der Waals surface area contributed by atoms with E-state index in [-0.39, 0.29) is 0 Å². The fourth-order valence-electron chi connectivity index (χ4n) is 3.80. The van der Waals surface area contributed by atoms with Crippen LogP contribution in [-0.2, 0) is 0 Å². The molecule has 0 bridgehead atoms. The van der Waals surface area contributed by atoms with Crippen molar-refractivity contribution in [3.05, 3.63) is 0 Å². The number of piperidine rings is 1. The molecule has 2 rings (SSSR count). The summed E-state index contributed by atoms with van der Waals surface area (Å²) in [6.45, 7) is 15.1. The summed E-state index contributed by atoms with van der Waals surface area (Å²) < 4.78 is 0. The van der Waals surface area contributed by atoms with Crippen LogP contribution in [0.4, 0.5) is 0 Å². The van der Waals surface area contributed by atoms with E-state index in [0.29, 0.717) is 0 Å². The summed E-state index contributed by atoms with van der Waals surface area (Å²) in [5, 5.41) is 0. The normalized spacial score (nSPS) is 23.5. The van der Waals surface area contributed by atoms with Gasteiger partial charge in [-0.05, 0) is 83.6 Å². The van der Waals surface area contributed by atoms with Gasteiger partial charge in [0, 0.05) is 32.2 Å². The van der Waals surface area contributed by atoms with Crippen LogP contribution < -0.4 is 0 Å². The second kappa shape index (κ2) is 10.2. The Labute approximate surface area is 142 Å². The van der Waals surface area contributed by atoms with Crippen LogP contribution in [0.15, 0.2) is 0 Å². The van der Waals surface area contributed by atoms with E-state index in [1.54, 1.807) is 0 Å². The van der Waals surface area contributed by atoms with Gasteiger partial charge in [0.1, 0.15) is 0 Å². The van der Waals surface area contributed by atoms with Crippen LogP contribution >= 0.6 is 11.8 Å². The Morgan fingerprint density at radius 1 is 0.909 bits per heavy atom. The molecule has 0 atom stereocenters. The summed E-state index contributed by atoms with van der Waals surface area (Å²) >= 11 is 1.98. The third-order valence-electron chi connectivity index (χ3n) is 5.52. The number of nitrogens with zero attached hydrogens (tertiary/aromatic N) is 3. The summed E-state index contributed by atoms with van der Waals surface area (Å²) in [5.41, 5.74) is 0. The van der Waals surface area contributed by atoms with Crippen molar-refractivity contribution in [3.63, 3.8) is 0 Å². The third kappa shape index (κ3) is 6.38. The first-order chi connectivity index (χ1) is 10.7. The molecule has 0 aromatic heterocycles. The Balaban J connectivity index is 1.54. The van der Waals surface area contributed by atoms with Crippen LogP contribution in [0.1, 0.15) is 39.5 Å². The number of rotatable bonds is 8. The predicted octanol–water partition coefficient (Wildman–Crippen LogP) is 2.87. The van der Waals surface area contributed by atoms with Crippen molar-refractivity contribution in [1.29, 1.82) is 0 Å². The maximum absolute atomic E-state index is 2.70. The number of hydrogen-bond donors (Lipinski definition) is 0. The van der Waals surface area contributed by atoms with Gasteiger partial charge in [-0.15, -0.1) is 0 Å². The Kier molecular flexibility index (Phi) is 8.58. The van der Waals surface area contributed by atoms with Gasteiger partial charge in [-0.2, -0.15) is 11.8 Å². The van der Waals surface area contributed by atoms with Gasteiger partial charge >= 0.3 is 0 Å². The molecule has 2 saturated heterocycles. The molecular formula is C18H37N3S. The second-order valence-corrected chi connectivity index (χ2v) is 8.38. The summed E-state index contributed by atoms with van der Waals surface area (Å²) in [6.07, 6.45) is 7.88. The predicted molar refractivity (Wildman–Crippen MR) is 99.9 cm³/mol. The largest absolute Gasteiger partial charge is 0.303 e. The Morgan fingerprint density at radius 2 is 1.55 bits per heavy atom. The van der Waals surface area contributed by atoms with Gasteiger partial charge in [-0.1, -0.05) is 0 Å². The zero-order valence-corrected chi connectivity index (χ0v) is 15.9. The molecule has 0 amide bonds. The highest BCUT2D eigenvalue weighted by molar-refractivity contribution is 7.98. The van der Waals surface area contributed by atoms with Crippen molar-refractivity contribution >= 4 is 11.8 Å². The van der Waals surface area contributed by atoms with Crippen LogP contribution in [-0.4, -0.2) is 85.1 Å². The molecule has 0 spiro atoms. The maximum atomic E-state index is 2.70. The zero-order valence-electron chi connectivity index (χ0n) is 15.1. The highest BCUT2D eigenvalue weighted by Crippen LogP contribution is 2.21. The van der Waals surface area contributed by atoms with Gasteiger partial charge < -0.3 is 9.80 Å². The molecule has 0 N–H and O–H groups in total. The first-order valence-electron chi connectivity index (χ1n) is 9.36. The standard InChI is InChI=1S/C18H37N3S/c1-17(2)21-14-12-20(13-15-21)11-7-18-5-9-19(10-6-18)8-4-16-22-3/h17-18H,4-16H2,1-3H3. The van der Waals surface area contributed by atoms with Crippen LogP contribution in [0.3, 0.4) is 0 Å². The lowest BCUT2D eigenvalue weighted by atomic mass is 9.93. The van der Waals surface area contributed by atoms with Crippen LogP contribution in [0.2, 0.25) is 0 Å². The molecule has 4 heteroatoms. The lowest BCUT2D eigenvalue weighted by molar-refractivity contribution is 0.0977. The van der Waals surface area contributed by atoms with E-state index in [4.69, 9.17) is 0 Å². The van der Waals surface area contributed by atoms with E-state index in [1.165, 1.54) is 83.8 Å². The Morgan fingerprint density at radius 3 is 2.14 bits per heavy atom. The molecular weight excluding hydrogens is 290 g/mol. The monoisotopic (exact) mass is 327 g/mol. The Bertz CT molecular complexity index is 282. The average Bonchev–Trinajstić information content (AvgIpc) is 2.55. The summed E-state index contributed by atoms with van der Waals surface area (Å²) in [4.78, 5) is 8.00. The topological polar surface area (TPSA) is 9.72 Å². The fourth-order valence-corrected chi connectivity index (χ4v) is 4.22. The average molecular weight is 328 g/mol. The first kappa shape index (κ1) is 18.6. The summed E-state index contributed by atoms with van der Waals surface area (Å²) in [7, 11) is 0. The van der Waals surface area contributed by atoms with Crippen LogP contribution in [0, 0.1) is 5.92 Å². The molecule has 0 aromatic rings. The van der Waals surface area contributed by atoms with Crippen molar-refractivity contribution in [3.8, 4) is 0 Å². The Hall–Kier alpha value is 0.230. The van der Waals surface area contributed by atoms with Crippen molar-refractivity contribution in [2.24, 2.45) is 5.92 Å². The number of piperazine rings is 1. The molecule has 2 fully saturated rings. The molecule has 2 heterocycles. The lowest BCUT2D eigenvalue weighted by Crippen LogP contribution is -2.49. The molecule has 0 saturated carbocycles. The molecule has 130 valence electrons. The van der Waals surface area contributed by atoms with E-state index >= 15 is 0 Å². The highest BCUT2D eigenvalue weighted by Gasteiger charge is 2.22. The quantitative estimate of drug-likeness (QED) is 0.634. The molecule has 2 aliphatic heterocycles. The third-order valence-corrected chi connectivity index (χ3v) is 6.22. The van der Waals surface area contributed by atoms with Gasteiger partial charge in [0.2, 0.25) is 0 Å². The first-order valence-corrected chi connectivity index (χ1v) is 10.8. The van der Waals surface area contributed by atoms with Gasteiger partial charge in [-0.3, -0.25) is 4.90 Å². The lowest BCUT2D eigenvalue weighted by Gasteiger charge is -2.38. The summed E-state index contributed by atoms with van der Waals surface area (Å²) in [6, 6.07) is 0.720. The number of likely N-dealkylation sites (tertiary alicyclic amines) is 1. The molecule has 0 unspecified atom stereocenters. The SMILES string of the molecule is CSCCCN1CCC(CCN2CCN(C(C)C)CC2)CC1. The van der Waals surface area contributed by atoms with E-state index in [2.05, 4.69) is 34.8 Å². The van der Waals surface area contributed by atoms with Crippen molar-refractivity contribution < 1.29 is 0 Å². The second-order valence-electron chi connectivity index (χ2n) is 7.39. The number of thioether (sulfide) groups is 1. The van der Waals surface area contributed by atoms with Crippen molar-refractivity contribution in [2.75, 3.05) is 64.4 Å². The van der Waals surface area contributed by atoms with Gasteiger partial charge in [0.05, 0.1) is 0 Å². The van der Waals surface area contributed by atoms with E-state index < -0.39 is 0 Å². The molecule has 3 nitrogen and oxygen atoms in total. The van der Waals surface area contributed by atoms with Crippen LogP contribution in [0.25, 0.3) is 0 Å². The van der Waals surface area contributed by atoms with E-state index in [9.17, 15) is 0 Å². The molecule has 0 aliphatic carbocycles. The van der Waals surface area contributed by atoms with E-state index in [0.717, 1.165) is 12.0 Å². The molecule has 0 aromatic carbocycles. The van der Waals surface area contributed by atoms with Crippen molar-refractivity contribution in [1.82, 2.24) is 14.7 Å². The zero-order chi connectivity index (χ0) is 15.8. The van der Waals surface area contributed by atoms with Gasteiger partial charge in [-0.25, -0.2) is 0 Å². The van der Waals surface area contributed by atoms with Gasteiger partial charge in [0.15, 0.2) is 0 Å². The fraction of sp³-hybridized carbons (Fsp3) is 1.00. The number of hydrogen-bond acceptors (Lipinski definition) is 4. The molecule has 22 heavy (non-hydrogen) atoms. The minimum Gasteiger partial charge on any atom is -0.303 e. The molecule has 2 aliphatic rings. The highest BCUT2D eigenvalue weighted by atomic mass is 32.2. The summed E-state index contributed by atoms with van der Waals surface area (Å²) in [5.74, 6) is 2.31. The molecule has 0 radical (unpaired) electrons. The van der Waals surface area contributed by atoms with Gasteiger partial charge in [0.25, 0.3) is 0 Å². The maximum Gasteiger partial charge on any atom is 0.0113 e. The minimum atomic E-state index is 0.720.